The molecule has 0 aliphatic heterocycles. The third-order valence-electron chi connectivity index (χ3n) is 5.39. The highest BCUT2D eigenvalue weighted by atomic mass is 14.5. The standard InChI is InChI=1S/C15H30/c1-8-10(4)14(9(2)3)15-12(6)11(5)13(15)7/h9-15H,8H2,1-7H3. The van der Waals surface area contributed by atoms with Gasteiger partial charge in [0.25, 0.3) is 0 Å². The summed E-state index contributed by atoms with van der Waals surface area (Å²) >= 11 is 0. The molecular weight excluding hydrogens is 180 g/mol. The van der Waals surface area contributed by atoms with E-state index in [-0.39, 0.29) is 0 Å². The average Bonchev–Trinajstić information content (AvgIpc) is 2.22. The molecule has 0 aromatic rings. The molecule has 0 aromatic carbocycles. The molecule has 0 aromatic heterocycles. The molecule has 1 fully saturated rings. The molecule has 0 N–H and O–H groups in total. The lowest BCUT2D eigenvalue weighted by atomic mass is 9.51. The van der Waals surface area contributed by atoms with Gasteiger partial charge in [-0.1, -0.05) is 54.9 Å². The van der Waals surface area contributed by atoms with E-state index in [1.165, 1.54) is 6.42 Å². The van der Waals surface area contributed by atoms with Crippen LogP contribution in [0.2, 0.25) is 0 Å². The van der Waals surface area contributed by atoms with Crippen LogP contribution in [0, 0.1) is 41.4 Å². The SMILES string of the molecule is CCC(C)C(C(C)C)C1C(C)C(C)C1C. The van der Waals surface area contributed by atoms with Crippen LogP contribution in [-0.4, -0.2) is 0 Å². The van der Waals surface area contributed by atoms with Crippen molar-refractivity contribution in [2.45, 2.75) is 54.9 Å². The van der Waals surface area contributed by atoms with E-state index in [1.807, 2.05) is 0 Å². The third-order valence-corrected chi connectivity index (χ3v) is 5.39. The summed E-state index contributed by atoms with van der Waals surface area (Å²) in [5.41, 5.74) is 0. The first-order chi connectivity index (χ1) is 6.91. The van der Waals surface area contributed by atoms with Crippen LogP contribution in [0.1, 0.15) is 54.9 Å². The molecule has 1 aliphatic carbocycles. The Hall–Kier alpha value is 0. The van der Waals surface area contributed by atoms with E-state index in [9.17, 15) is 0 Å². The highest BCUT2D eigenvalue weighted by Crippen LogP contribution is 2.53. The van der Waals surface area contributed by atoms with Crippen LogP contribution in [-0.2, 0) is 0 Å². The fourth-order valence-electron chi connectivity index (χ4n) is 3.97. The minimum Gasteiger partial charge on any atom is -0.0651 e. The Labute approximate surface area is 96.8 Å². The summed E-state index contributed by atoms with van der Waals surface area (Å²) in [7, 11) is 0. The van der Waals surface area contributed by atoms with Gasteiger partial charge < -0.3 is 0 Å². The Morgan fingerprint density at radius 3 is 1.67 bits per heavy atom. The lowest BCUT2D eigenvalue weighted by molar-refractivity contribution is -0.0612. The van der Waals surface area contributed by atoms with E-state index in [0.29, 0.717) is 0 Å². The number of hydrogen-bond donors (Lipinski definition) is 0. The Bertz CT molecular complexity index is 184. The van der Waals surface area contributed by atoms with Gasteiger partial charge in [-0.15, -0.1) is 0 Å². The molecule has 90 valence electrons. The van der Waals surface area contributed by atoms with Gasteiger partial charge in [-0.3, -0.25) is 0 Å². The van der Waals surface area contributed by atoms with Crippen LogP contribution in [0.5, 0.6) is 0 Å². The van der Waals surface area contributed by atoms with Crippen LogP contribution in [0.4, 0.5) is 0 Å². The molecule has 1 rings (SSSR count). The molecule has 1 saturated carbocycles. The van der Waals surface area contributed by atoms with Crippen molar-refractivity contribution in [2.24, 2.45) is 41.4 Å². The lowest BCUT2D eigenvalue weighted by Crippen LogP contribution is -2.49. The Morgan fingerprint density at radius 2 is 1.33 bits per heavy atom. The summed E-state index contributed by atoms with van der Waals surface area (Å²) < 4.78 is 0. The maximum Gasteiger partial charge on any atom is -0.0324 e. The predicted octanol–water partition coefficient (Wildman–Crippen LogP) is 4.84. The summed E-state index contributed by atoms with van der Waals surface area (Å²) in [6, 6.07) is 0. The Balaban J connectivity index is 2.73. The van der Waals surface area contributed by atoms with Crippen LogP contribution in [0.3, 0.4) is 0 Å². The highest BCUT2D eigenvalue weighted by Gasteiger charge is 2.47. The molecule has 0 saturated heterocycles. The van der Waals surface area contributed by atoms with Gasteiger partial charge in [0.15, 0.2) is 0 Å². The molecule has 4 atom stereocenters. The zero-order valence-electron chi connectivity index (χ0n) is 11.7. The van der Waals surface area contributed by atoms with Crippen molar-refractivity contribution in [1.82, 2.24) is 0 Å². The average molecular weight is 210 g/mol. The second-order valence-electron chi connectivity index (χ2n) is 6.36. The van der Waals surface area contributed by atoms with Gasteiger partial charge in [-0.05, 0) is 41.4 Å². The van der Waals surface area contributed by atoms with Crippen molar-refractivity contribution >= 4 is 0 Å². The molecule has 0 heterocycles. The van der Waals surface area contributed by atoms with E-state index < -0.39 is 0 Å². The van der Waals surface area contributed by atoms with E-state index in [0.717, 1.165) is 41.4 Å². The van der Waals surface area contributed by atoms with Crippen molar-refractivity contribution in [3.63, 3.8) is 0 Å². The maximum atomic E-state index is 2.47. The molecule has 4 unspecified atom stereocenters. The molecule has 15 heavy (non-hydrogen) atoms. The third kappa shape index (κ3) is 2.24. The molecule has 0 nitrogen and oxygen atoms in total. The van der Waals surface area contributed by atoms with Crippen molar-refractivity contribution in [2.75, 3.05) is 0 Å². The smallest absolute Gasteiger partial charge is 0.0324 e. The van der Waals surface area contributed by atoms with Gasteiger partial charge >= 0.3 is 0 Å². The fourth-order valence-corrected chi connectivity index (χ4v) is 3.97. The molecule has 0 heteroatoms. The van der Waals surface area contributed by atoms with Gasteiger partial charge in [0.1, 0.15) is 0 Å². The minimum atomic E-state index is 0.849. The lowest BCUT2D eigenvalue weighted by Gasteiger charge is -2.54. The van der Waals surface area contributed by atoms with Crippen molar-refractivity contribution in [1.29, 1.82) is 0 Å². The van der Waals surface area contributed by atoms with E-state index in [1.54, 1.807) is 0 Å². The summed E-state index contributed by atoms with van der Waals surface area (Å²) in [4.78, 5) is 0. The van der Waals surface area contributed by atoms with E-state index in [4.69, 9.17) is 0 Å². The molecule has 0 spiro atoms. The van der Waals surface area contributed by atoms with Crippen molar-refractivity contribution < 1.29 is 0 Å². The summed E-state index contributed by atoms with van der Waals surface area (Å²) in [5.74, 6) is 6.50. The van der Waals surface area contributed by atoms with Crippen LogP contribution in [0.25, 0.3) is 0 Å². The second-order valence-corrected chi connectivity index (χ2v) is 6.36. The quantitative estimate of drug-likeness (QED) is 0.622. The maximum absolute atomic E-state index is 2.47. The Morgan fingerprint density at radius 1 is 0.867 bits per heavy atom. The minimum absolute atomic E-state index is 0.849. The molecular formula is C15H30. The van der Waals surface area contributed by atoms with E-state index in [2.05, 4.69) is 48.5 Å². The second kappa shape index (κ2) is 4.89. The zero-order chi connectivity index (χ0) is 11.7. The molecule has 1 aliphatic rings. The molecule has 0 amide bonds. The first kappa shape index (κ1) is 13.1. The zero-order valence-corrected chi connectivity index (χ0v) is 11.7. The van der Waals surface area contributed by atoms with Gasteiger partial charge in [0.2, 0.25) is 0 Å². The van der Waals surface area contributed by atoms with Gasteiger partial charge in [0, 0.05) is 0 Å². The summed E-state index contributed by atoms with van der Waals surface area (Å²) in [6.45, 7) is 17.0. The van der Waals surface area contributed by atoms with Crippen LogP contribution >= 0.6 is 0 Å². The van der Waals surface area contributed by atoms with Crippen LogP contribution < -0.4 is 0 Å². The largest absolute Gasteiger partial charge is 0.0651 e. The topological polar surface area (TPSA) is 0 Å². The monoisotopic (exact) mass is 210 g/mol. The van der Waals surface area contributed by atoms with Crippen molar-refractivity contribution in [3.05, 3.63) is 0 Å². The van der Waals surface area contributed by atoms with Gasteiger partial charge in [0.05, 0.1) is 0 Å². The van der Waals surface area contributed by atoms with Gasteiger partial charge in [-0.2, -0.15) is 0 Å². The number of rotatable bonds is 4. The number of hydrogen-bond acceptors (Lipinski definition) is 0. The molecule has 0 radical (unpaired) electrons. The first-order valence-corrected chi connectivity index (χ1v) is 6.91. The predicted molar refractivity (Wildman–Crippen MR) is 68.8 cm³/mol. The normalized spacial score (nSPS) is 40.0. The summed E-state index contributed by atoms with van der Waals surface area (Å²) in [5, 5.41) is 0. The Kier molecular flexibility index (Phi) is 4.26. The summed E-state index contributed by atoms with van der Waals surface area (Å²) in [6.07, 6.45) is 1.34. The van der Waals surface area contributed by atoms with Crippen LogP contribution in [0.15, 0.2) is 0 Å². The van der Waals surface area contributed by atoms with Crippen molar-refractivity contribution in [3.8, 4) is 0 Å². The van der Waals surface area contributed by atoms with E-state index >= 15 is 0 Å². The first-order valence-electron chi connectivity index (χ1n) is 6.91. The molecule has 0 bridgehead atoms. The highest BCUT2D eigenvalue weighted by molar-refractivity contribution is 4.95. The van der Waals surface area contributed by atoms with Gasteiger partial charge in [-0.25, -0.2) is 0 Å². The fraction of sp³-hybridized carbons (Fsp3) is 1.00.